The number of hydrogen-bond acceptors (Lipinski definition) is 7. The predicted molar refractivity (Wildman–Crippen MR) is 109 cm³/mol. The molecule has 1 aromatic carbocycles. The minimum Gasteiger partial charge on any atom is -0.493 e. The Morgan fingerprint density at radius 2 is 1.80 bits per heavy atom. The van der Waals surface area contributed by atoms with Crippen LogP contribution in [0.15, 0.2) is 18.2 Å². The topological polar surface area (TPSA) is 88.1 Å². The number of rotatable bonds is 8. The van der Waals surface area contributed by atoms with Gasteiger partial charge in [-0.15, -0.1) is 0 Å². The standard InChI is InChI=1S/C23H30O7/c1-14(24)30-21-13-17(25)22(23(21)26)16-6-4-5-7-18(16)29-11-10-15-8-9-19(27-2)20(12-15)28-3/h8-9,12,16,18,21-22H,4-7,10-11,13H2,1-3H3/t16-,18+,21+,22?/m0/s1. The van der Waals surface area contributed by atoms with Crippen molar-refractivity contribution in [3.63, 3.8) is 0 Å². The van der Waals surface area contributed by atoms with Crippen molar-refractivity contribution in [1.82, 2.24) is 0 Å². The van der Waals surface area contributed by atoms with Crippen molar-refractivity contribution in [2.45, 2.75) is 57.7 Å². The minimum absolute atomic E-state index is 0.0159. The summed E-state index contributed by atoms with van der Waals surface area (Å²) < 4.78 is 21.8. The third kappa shape index (κ3) is 5.01. The second-order valence-corrected chi connectivity index (χ2v) is 7.95. The van der Waals surface area contributed by atoms with E-state index in [1.165, 1.54) is 6.92 Å². The molecule has 0 saturated heterocycles. The quantitative estimate of drug-likeness (QED) is 0.474. The molecule has 7 heteroatoms. The average Bonchev–Trinajstić information content (AvgIpc) is 3.00. The van der Waals surface area contributed by atoms with E-state index in [1.54, 1.807) is 14.2 Å². The predicted octanol–water partition coefficient (Wildman–Crippen LogP) is 2.91. The van der Waals surface area contributed by atoms with Gasteiger partial charge in [0.15, 0.2) is 23.4 Å². The van der Waals surface area contributed by atoms with E-state index >= 15 is 0 Å². The number of hydrogen-bond donors (Lipinski definition) is 0. The number of esters is 1. The highest BCUT2D eigenvalue weighted by Gasteiger charge is 2.49. The van der Waals surface area contributed by atoms with Crippen LogP contribution in [0.25, 0.3) is 0 Å². The summed E-state index contributed by atoms with van der Waals surface area (Å²) in [4.78, 5) is 36.5. The van der Waals surface area contributed by atoms with Crippen LogP contribution in [0.5, 0.6) is 11.5 Å². The van der Waals surface area contributed by atoms with Gasteiger partial charge < -0.3 is 18.9 Å². The van der Waals surface area contributed by atoms with Crippen molar-refractivity contribution < 1.29 is 33.3 Å². The summed E-state index contributed by atoms with van der Waals surface area (Å²) in [5.41, 5.74) is 1.06. The highest BCUT2D eigenvalue weighted by Crippen LogP contribution is 2.38. The van der Waals surface area contributed by atoms with E-state index in [1.807, 2.05) is 18.2 Å². The van der Waals surface area contributed by atoms with Crippen molar-refractivity contribution in [1.29, 1.82) is 0 Å². The number of benzene rings is 1. The van der Waals surface area contributed by atoms with E-state index in [-0.39, 0.29) is 30.0 Å². The van der Waals surface area contributed by atoms with Crippen LogP contribution < -0.4 is 9.47 Å². The molecular weight excluding hydrogens is 388 g/mol. The third-order valence-electron chi connectivity index (χ3n) is 6.02. The molecule has 3 rings (SSSR count). The molecule has 4 atom stereocenters. The Bertz CT molecular complexity index is 788. The van der Waals surface area contributed by atoms with Crippen LogP contribution in [0.2, 0.25) is 0 Å². The highest BCUT2D eigenvalue weighted by atomic mass is 16.5. The maximum atomic E-state index is 12.7. The van der Waals surface area contributed by atoms with Gasteiger partial charge in [-0.25, -0.2) is 0 Å². The lowest BCUT2D eigenvalue weighted by Gasteiger charge is -2.34. The Labute approximate surface area is 177 Å². The number of methoxy groups -OCH3 is 2. The van der Waals surface area contributed by atoms with Crippen molar-refractivity contribution in [3.8, 4) is 11.5 Å². The molecule has 7 nitrogen and oxygen atoms in total. The van der Waals surface area contributed by atoms with Crippen molar-refractivity contribution in [2.75, 3.05) is 20.8 Å². The average molecular weight is 418 g/mol. The van der Waals surface area contributed by atoms with Crippen LogP contribution in [0, 0.1) is 11.8 Å². The number of ketones is 2. The molecule has 2 aliphatic rings. The summed E-state index contributed by atoms with van der Waals surface area (Å²) in [6.45, 7) is 1.74. The normalized spacial score (nSPS) is 26.5. The van der Waals surface area contributed by atoms with Gasteiger partial charge >= 0.3 is 5.97 Å². The molecule has 0 radical (unpaired) electrons. The molecule has 0 spiro atoms. The second-order valence-electron chi connectivity index (χ2n) is 7.95. The van der Waals surface area contributed by atoms with Crippen LogP contribution in [-0.2, 0) is 30.3 Å². The largest absolute Gasteiger partial charge is 0.493 e. The molecule has 0 bridgehead atoms. The Kier molecular flexibility index (Phi) is 7.48. The molecule has 1 aromatic rings. The van der Waals surface area contributed by atoms with Crippen LogP contribution in [-0.4, -0.2) is 50.6 Å². The summed E-state index contributed by atoms with van der Waals surface area (Å²) in [5.74, 6) is -0.458. The molecular formula is C23H30O7. The van der Waals surface area contributed by atoms with Crippen LogP contribution in [0.3, 0.4) is 0 Å². The molecule has 2 saturated carbocycles. The fourth-order valence-corrected chi connectivity index (χ4v) is 4.60. The van der Waals surface area contributed by atoms with Crippen LogP contribution in [0.1, 0.15) is 44.6 Å². The Hall–Kier alpha value is -2.41. The van der Waals surface area contributed by atoms with E-state index in [0.29, 0.717) is 24.5 Å². The third-order valence-corrected chi connectivity index (χ3v) is 6.02. The Morgan fingerprint density at radius 3 is 2.50 bits per heavy atom. The van der Waals surface area contributed by atoms with Gasteiger partial charge in [0.1, 0.15) is 5.78 Å². The first-order valence-electron chi connectivity index (χ1n) is 10.5. The molecule has 2 fully saturated rings. The monoisotopic (exact) mass is 418 g/mol. The highest BCUT2D eigenvalue weighted by molar-refractivity contribution is 6.12. The van der Waals surface area contributed by atoms with Crippen LogP contribution >= 0.6 is 0 Å². The lowest BCUT2D eigenvalue weighted by atomic mass is 9.76. The smallest absolute Gasteiger partial charge is 0.303 e. The SMILES string of the molecule is COc1ccc(CCO[C@@H]2CCCC[C@@H]2C2C(=O)C[C@@H](OC(C)=O)C2=O)cc1OC. The molecule has 1 unspecified atom stereocenters. The van der Waals surface area contributed by atoms with Crippen molar-refractivity contribution in [2.24, 2.45) is 11.8 Å². The number of carbonyl (C=O) groups is 3. The van der Waals surface area contributed by atoms with Crippen molar-refractivity contribution >= 4 is 17.5 Å². The van der Waals surface area contributed by atoms with Gasteiger partial charge in [-0.1, -0.05) is 18.9 Å². The van der Waals surface area contributed by atoms with Gasteiger partial charge in [0.25, 0.3) is 0 Å². The Morgan fingerprint density at radius 1 is 1.07 bits per heavy atom. The molecule has 0 heterocycles. The van der Waals surface area contributed by atoms with E-state index in [9.17, 15) is 14.4 Å². The summed E-state index contributed by atoms with van der Waals surface area (Å²) in [7, 11) is 3.20. The summed E-state index contributed by atoms with van der Waals surface area (Å²) in [5, 5.41) is 0. The molecule has 0 amide bonds. The zero-order valence-electron chi connectivity index (χ0n) is 17.8. The lowest BCUT2D eigenvalue weighted by molar-refractivity contribution is -0.153. The number of ether oxygens (including phenoxy) is 4. The first-order chi connectivity index (χ1) is 14.4. The summed E-state index contributed by atoms with van der Waals surface area (Å²) in [6.07, 6.45) is 3.17. The molecule has 0 N–H and O–H groups in total. The lowest BCUT2D eigenvalue weighted by Crippen LogP contribution is -2.39. The van der Waals surface area contributed by atoms with Gasteiger partial charge in [0.2, 0.25) is 0 Å². The number of Topliss-reactive ketones (excluding diaryl/α,β-unsaturated/α-hetero) is 2. The second kappa shape index (κ2) is 10.1. The van der Waals surface area contributed by atoms with Gasteiger partial charge in [0.05, 0.1) is 39.3 Å². The van der Waals surface area contributed by atoms with E-state index in [2.05, 4.69) is 0 Å². The maximum Gasteiger partial charge on any atom is 0.303 e. The minimum atomic E-state index is -0.936. The van der Waals surface area contributed by atoms with Crippen LogP contribution in [0.4, 0.5) is 0 Å². The fraction of sp³-hybridized carbons (Fsp3) is 0.609. The first kappa shape index (κ1) is 22.3. The van der Waals surface area contributed by atoms with E-state index < -0.39 is 18.0 Å². The van der Waals surface area contributed by atoms with Gasteiger partial charge in [-0.3, -0.25) is 14.4 Å². The zero-order chi connectivity index (χ0) is 21.7. The molecule has 164 valence electrons. The molecule has 0 aliphatic heterocycles. The fourth-order valence-electron chi connectivity index (χ4n) is 4.60. The summed E-state index contributed by atoms with van der Waals surface area (Å²) >= 11 is 0. The Balaban J connectivity index is 1.62. The molecule has 0 aromatic heterocycles. The van der Waals surface area contributed by atoms with E-state index in [0.717, 1.165) is 31.2 Å². The maximum absolute atomic E-state index is 12.7. The number of carbonyl (C=O) groups excluding carboxylic acids is 3. The van der Waals surface area contributed by atoms with Gasteiger partial charge in [0, 0.05) is 12.8 Å². The zero-order valence-corrected chi connectivity index (χ0v) is 17.8. The van der Waals surface area contributed by atoms with Gasteiger partial charge in [-0.05, 0) is 37.0 Å². The summed E-state index contributed by atoms with van der Waals surface area (Å²) in [6, 6.07) is 5.76. The van der Waals surface area contributed by atoms with E-state index in [4.69, 9.17) is 18.9 Å². The molecule has 30 heavy (non-hydrogen) atoms. The molecule has 2 aliphatic carbocycles. The van der Waals surface area contributed by atoms with Gasteiger partial charge in [-0.2, -0.15) is 0 Å². The first-order valence-corrected chi connectivity index (χ1v) is 10.5. The van der Waals surface area contributed by atoms with Crippen molar-refractivity contribution in [3.05, 3.63) is 23.8 Å².